The molecule has 186 valence electrons. The van der Waals surface area contributed by atoms with Crippen molar-refractivity contribution in [3.8, 4) is 0 Å². The summed E-state index contributed by atoms with van der Waals surface area (Å²) in [6.45, 7) is 15.0. The van der Waals surface area contributed by atoms with Crippen molar-refractivity contribution in [3.05, 3.63) is 17.8 Å². The number of carbonyl (C=O) groups is 2. The maximum Gasteiger partial charge on any atom is 0.490 e. The fraction of sp³-hybridized carbons (Fsp3) is 0.714. The van der Waals surface area contributed by atoms with E-state index in [1.54, 1.807) is 0 Å². The molecule has 0 aromatic carbocycles. The van der Waals surface area contributed by atoms with Crippen molar-refractivity contribution in [3.63, 3.8) is 0 Å². The molecule has 2 aliphatic rings. The molecule has 1 aromatic heterocycles. The Hall–Kier alpha value is -2.47. The van der Waals surface area contributed by atoms with E-state index in [0.717, 1.165) is 45.0 Å². The van der Waals surface area contributed by atoms with Crippen molar-refractivity contribution >= 4 is 17.7 Å². The monoisotopic (exact) mass is 474 g/mol. The zero-order valence-electron chi connectivity index (χ0n) is 19.5. The highest BCUT2D eigenvalue weighted by atomic mass is 19.4. The van der Waals surface area contributed by atoms with Crippen LogP contribution >= 0.6 is 0 Å². The third kappa shape index (κ3) is 7.53. The number of anilines is 1. The largest absolute Gasteiger partial charge is 0.490 e. The van der Waals surface area contributed by atoms with Gasteiger partial charge in [-0.2, -0.15) is 13.2 Å². The molecule has 1 unspecified atom stereocenters. The lowest BCUT2D eigenvalue weighted by molar-refractivity contribution is -0.192. The fourth-order valence-corrected chi connectivity index (χ4v) is 4.07. The van der Waals surface area contributed by atoms with Gasteiger partial charge < -0.3 is 20.2 Å². The summed E-state index contributed by atoms with van der Waals surface area (Å²) in [7, 11) is 0. The summed E-state index contributed by atoms with van der Waals surface area (Å²) in [6.07, 6.45) is -3.93. The highest BCUT2D eigenvalue weighted by Gasteiger charge is 2.38. The van der Waals surface area contributed by atoms with Crippen molar-refractivity contribution in [2.45, 2.75) is 51.9 Å². The van der Waals surface area contributed by atoms with E-state index in [4.69, 9.17) is 9.90 Å². The van der Waals surface area contributed by atoms with Gasteiger partial charge in [0.2, 0.25) is 0 Å². The molecule has 0 radical (unpaired) electrons. The van der Waals surface area contributed by atoms with Crippen molar-refractivity contribution in [2.24, 2.45) is 0 Å². The molecule has 0 spiro atoms. The number of alkyl halides is 3. The van der Waals surface area contributed by atoms with Crippen LogP contribution in [0.2, 0.25) is 0 Å². The smallest absolute Gasteiger partial charge is 0.475 e. The Kier molecular flexibility index (Phi) is 9.01. The number of nitrogens with zero attached hydrogens (tertiary/aromatic N) is 5. The van der Waals surface area contributed by atoms with Crippen LogP contribution in [0.1, 0.15) is 44.6 Å². The minimum atomic E-state index is -5.08. The van der Waals surface area contributed by atoms with E-state index in [-0.39, 0.29) is 11.4 Å². The second kappa shape index (κ2) is 11.1. The van der Waals surface area contributed by atoms with Crippen LogP contribution in [-0.4, -0.2) is 101 Å². The predicted octanol–water partition coefficient (Wildman–Crippen LogP) is 1.85. The molecule has 0 bridgehead atoms. The Morgan fingerprint density at radius 3 is 2.33 bits per heavy atom. The minimum Gasteiger partial charge on any atom is -0.475 e. The fourth-order valence-electron chi connectivity index (χ4n) is 4.07. The zero-order valence-corrected chi connectivity index (χ0v) is 19.5. The Labute approximate surface area is 191 Å². The molecule has 3 rings (SSSR count). The van der Waals surface area contributed by atoms with Crippen LogP contribution in [0.25, 0.3) is 0 Å². The first kappa shape index (κ1) is 26.8. The molecule has 2 saturated heterocycles. The summed E-state index contributed by atoms with van der Waals surface area (Å²) in [5, 5.41) is 19.1. The number of likely N-dealkylation sites (N-methyl/N-ethyl adjacent to an activating group) is 1. The van der Waals surface area contributed by atoms with Crippen LogP contribution in [0.5, 0.6) is 0 Å². The maximum atomic E-state index is 12.7. The SMILES string of the molecule is CCN(CC)C1CCN(c2ccc(C(=O)N3CCNC(C)(C)C3)nn2)C1.O=C(O)C(F)(F)F. The van der Waals surface area contributed by atoms with E-state index < -0.39 is 12.1 Å². The highest BCUT2D eigenvalue weighted by molar-refractivity contribution is 5.92. The van der Waals surface area contributed by atoms with Crippen LogP contribution < -0.4 is 10.2 Å². The molecular weight excluding hydrogens is 441 g/mol. The number of carbonyl (C=O) groups excluding carboxylic acids is 1. The lowest BCUT2D eigenvalue weighted by Crippen LogP contribution is -2.58. The highest BCUT2D eigenvalue weighted by Crippen LogP contribution is 2.21. The summed E-state index contributed by atoms with van der Waals surface area (Å²) >= 11 is 0. The van der Waals surface area contributed by atoms with Crippen LogP contribution in [0.4, 0.5) is 19.0 Å². The molecular formula is C21H33F3N6O3. The van der Waals surface area contributed by atoms with Gasteiger partial charge in [0.15, 0.2) is 11.5 Å². The lowest BCUT2D eigenvalue weighted by Gasteiger charge is -2.38. The number of piperazine rings is 1. The molecule has 1 atom stereocenters. The van der Waals surface area contributed by atoms with E-state index in [2.05, 4.69) is 53.0 Å². The van der Waals surface area contributed by atoms with Gasteiger partial charge in [-0.25, -0.2) is 4.79 Å². The number of aliphatic carboxylic acids is 1. The molecule has 0 saturated carbocycles. The zero-order chi connectivity index (χ0) is 24.8. The van der Waals surface area contributed by atoms with Crippen molar-refractivity contribution < 1.29 is 27.9 Å². The summed E-state index contributed by atoms with van der Waals surface area (Å²) in [6, 6.07) is 4.35. The van der Waals surface area contributed by atoms with Gasteiger partial charge in [-0.1, -0.05) is 13.8 Å². The van der Waals surface area contributed by atoms with E-state index in [0.29, 0.717) is 24.8 Å². The number of rotatable bonds is 5. The average Bonchev–Trinajstić information content (AvgIpc) is 3.23. The number of carboxylic acid groups (broad SMARTS) is 1. The lowest BCUT2D eigenvalue weighted by atomic mass is 10.0. The van der Waals surface area contributed by atoms with E-state index in [9.17, 15) is 18.0 Å². The number of nitrogens with one attached hydrogen (secondary N) is 1. The summed E-state index contributed by atoms with van der Waals surface area (Å²) in [5.41, 5.74) is 0.377. The first-order chi connectivity index (χ1) is 15.4. The van der Waals surface area contributed by atoms with E-state index >= 15 is 0 Å². The normalized spacial score (nSPS) is 20.4. The van der Waals surface area contributed by atoms with Crippen LogP contribution in [0.15, 0.2) is 12.1 Å². The van der Waals surface area contributed by atoms with Gasteiger partial charge in [-0.15, -0.1) is 10.2 Å². The van der Waals surface area contributed by atoms with Gasteiger partial charge in [0.25, 0.3) is 5.91 Å². The molecule has 0 aliphatic carbocycles. The molecule has 3 heterocycles. The Morgan fingerprint density at radius 1 is 1.21 bits per heavy atom. The number of hydrogen-bond acceptors (Lipinski definition) is 7. The molecule has 2 N–H and O–H groups in total. The van der Waals surface area contributed by atoms with Gasteiger partial charge in [-0.05, 0) is 45.5 Å². The van der Waals surface area contributed by atoms with E-state index in [1.807, 2.05) is 17.0 Å². The quantitative estimate of drug-likeness (QED) is 0.667. The van der Waals surface area contributed by atoms with Gasteiger partial charge in [-0.3, -0.25) is 9.69 Å². The van der Waals surface area contributed by atoms with Crippen LogP contribution in [0, 0.1) is 0 Å². The number of carboxylic acids is 1. The number of hydrogen-bond donors (Lipinski definition) is 2. The topological polar surface area (TPSA) is 102 Å². The third-order valence-electron chi connectivity index (χ3n) is 5.79. The Morgan fingerprint density at radius 2 is 1.85 bits per heavy atom. The van der Waals surface area contributed by atoms with E-state index in [1.165, 1.54) is 0 Å². The Balaban J connectivity index is 0.000000479. The Bertz CT molecular complexity index is 799. The van der Waals surface area contributed by atoms with Crippen LogP contribution in [0.3, 0.4) is 0 Å². The van der Waals surface area contributed by atoms with Crippen molar-refractivity contribution in [2.75, 3.05) is 50.7 Å². The number of halogens is 3. The molecule has 9 nitrogen and oxygen atoms in total. The summed E-state index contributed by atoms with van der Waals surface area (Å²) < 4.78 is 31.7. The first-order valence-electron chi connectivity index (χ1n) is 11.0. The van der Waals surface area contributed by atoms with Gasteiger partial charge in [0.1, 0.15) is 0 Å². The predicted molar refractivity (Wildman–Crippen MR) is 117 cm³/mol. The second-order valence-electron chi connectivity index (χ2n) is 8.73. The molecule has 2 fully saturated rings. The summed E-state index contributed by atoms with van der Waals surface area (Å²) in [4.78, 5) is 28.3. The summed E-state index contributed by atoms with van der Waals surface area (Å²) in [5.74, 6) is -1.91. The second-order valence-corrected chi connectivity index (χ2v) is 8.73. The molecule has 1 amide bonds. The maximum absolute atomic E-state index is 12.7. The van der Waals surface area contributed by atoms with Gasteiger partial charge in [0, 0.05) is 44.3 Å². The molecule has 33 heavy (non-hydrogen) atoms. The average molecular weight is 475 g/mol. The van der Waals surface area contributed by atoms with Gasteiger partial charge in [0.05, 0.1) is 0 Å². The number of aromatic nitrogens is 2. The molecule has 12 heteroatoms. The molecule has 2 aliphatic heterocycles. The van der Waals surface area contributed by atoms with Crippen molar-refractivity contribution in [1.82, 2.24) is 25.3 Å². The first-order valence-corrected chi connectivity index (χ1v) is 11.0. The van der Waals surface area contributed by atoms with Crippen molar-refractivity contribution in [1.29, 1.82) is 0 Å². The van der Waals surface area contributed by atoms with Crippen LogP contribution in [-0.2, 0) is 4.79 Å². The van der Waals surface area contributed by atoms with Gasteiger partial charge >= 0.3 is 12.1 Å². The third-order valence-corrected chi connectivity index (χ3v) is 5.79. The molecule has 1 aromatic rings. The number of amides is 1. The standard InChI is InChI=1S/C19H32N6O.C2HF3O2/c1-5-23(6-2)15-9-11-24(13-15)17-8-7-16(21-22-17)18(26)25-12-10-20-19(3,4)14-25;3-2(4,5)1(6)7/h7-8,15,20H,5-6,9-14H2,1-4H3;(H,6,7). The minimum absolute atomic E-state index is 0.0268.